The standard InChI is InChI=1S/C17H20O.C3H9N/c1-16(2)14-9-10-17(16,3)15(18)13(14)11-12-7-5-4-6-8-12;1-4(2)3/h4-8,11,14H,9-10H2,1-3H3;1-3H3/b13-11-;. The van der Waals surface area contributed by atoms with Crippen LogP contribution in [0.5, 0.6) is 0 Å². The first-order valence-electron chi connectivity index (χ1n) is 8.12. The largest absolute Gasteiger partial charge is 0.312 e. The minimum Gasteiger partial charge on any atom is -0.312 e. The van der Waals surface area contributed by atoms with Gasteiger partial charge >= 0.3 is 0 Å². The van der Waals surface area contributed by atoms with Crippen LogP contribution in [0.15, 0.2) is 35.9 Å². The van der Waals surface area contributed by atoms with Crippen LogP contribution < -0.4 is 0 Å². The molecule has 0 heterocycles. The van der Waals surface area contributed by atoms with E-state index in [9.17, 15) is 4.79 Å². The number of carbonyl (C=O) groups is 1. The molecule has 2 fully saturated rings. The van der Waals surface area contributed by atoms with Gasteiger partial charge in [-0.15, -0.1) is 0 Å². The van der Waals surface area contributed by atoms with Crippen molar-refractivity contribution in [3.63, 3.8) is 0 Å². The number of nitrogens with zero attached hydrogens (tertiary/aromatic N) is 1. The van der Waals surface area contributed by atoms with Gasteiger partial charge in [0, 0.05) is 5.41 Å². The van der Waals surface area contributed by atoms with Gasteiger partial charge in [-0.1, -0.05) is 51.1 Å². The van der Waals surface area contributed by atoms with Crippen LogP contribution in [0.2, 0.25) is 0 Å². The van der Waals surface area contributed by atoms with Crippen molar-refractivity contribution in [2.45, 2.75) is 33.6 Å². The first-order chi connectivity index (χ1) is 10.2. The molecule has 1 aromatic rings. The first-order valence-corrected chi connectivity index (χ1v) is 8.12. The van der Waals surface area contributed by atoms with Crippen LogP contribution in [0.4, 0.5) is 0 Å². The zero-order valence-electron chi connectivity index (χ0n) is 14.8. The maximum absolute atomic E-state index is 12.6. The van der Waals surface area contributed by atoms with Gasteiger partial charge in [0.1, 0.15) is 0 Å². The smallest absolute Gasteiger partial charge is 0.165 e. The van der Waals surface area contributed by atoms with Gasteiger partial charge in [-0.05, 0) is 62.5 Å². The van der Waals surface area contributed by atoms with E-state index in [1.54, 1.807) is 0 Å². The molecule has 2 bridgehead atoms. The summed E-state index contributed by atoms with van der Waals surface area (Å²) < 4.78 is 0. The lowest BCUT2D eigenvalue weighted by atomic mass is 9.70. The summed E-state index contributed by atoms with van der Waals surface area (Å²) in [5.41, 5.74) is 2.18. The van der Waals surface area contributed by atoms with Gasteiger partial charge in [0.05, 0.1) is 0 Å². The number of rotatable bonds is 1. The molecule has 120 valence electrons. The zero-order valence-corrected chi connectivity index (χ0v) is 14.8. The van der Waals surface area contributed by atoms with Crippen LogP contribution in [-0.4, -0.2) is 31.8 Å². The highest BCUT2D eigenvalue weighted by Gasteiger charge is 2.63. The molecule has 2 unspecified atom stereocenters. The van der Waals surface area contributed by atoms with Crippen LogP contribution in [-0.2, 0) is 4.79 Å². The SMILES string of the molecule is CC12CCC(/C(=C/c3ccccc3)C1=O)C2(C)C.CN(C)C. The molecule has 0 spiro atoms. The number of fused-ring (bicyclic) bond motifs is 2. The summed E-state index contributed by atoms with van der Waals surface area (Å²) >= 11 is 0. The van der Waals surface area contributed by atoms with E-state index in [2.05, 4.69) is 39.0 Å². The Morgan fingerprint density at radius 2 is 1.64 bits per heavy atom. The predicted octanol–water partition coefficient (Wildman–Crippen LogP) is 4.27. The van der Waals surface area contributed by atoms with Crippen LogP contribution in [0.1, 0.15) is 39.2 Å². The third kappa shape index (κ3) is 2.77. The van der Waals surface area contributed by atoms with E-state index in [-0.39, 0.29) is 10.8 Å². The lowest BCUT2D eigenvalue weighted by molar-refractivity contribution is -0.125. The van der Waals surface area contributed by atoms with Crippen LogP contribution in [0.3, 0.4) is 0 Å². The first kappa shape index (κ1) is 17.0. The van der Waals surface area contributed by atoms with Crippen molar-refractivity contribution in [2.75, 3.05) is 21.1 Å². The van der Waals surface area contributed by atoms with E-state index in [4.69, 9.17) is 0 Å². The minimum absolute atomic E-state index is 0.116. The van der Waals surface area contributed by atoms with E-state index >= 15 is 0 Å². The summed E-state index contributed by atoms with van der Waals surface area (Å²) in [6.07, 6.45) is 4.32. The maximum Gasteiger partial charge on any atom is 0.165 e. The van der Waals surface area contributed by atoms with Crippen molar-refractivity contribution in [2.24, 2.45) is 16.7 Å². The monoisotopic (exact) mass is 299 g/mol. The topological polar surface area (TPSA) is 20.3 Å². The molecule has 2 saturated carbocycles. The number of ketones is 1. The second-order valence-electron chi connectivity index (χ2n) is 7.83. The molecule has 2 atom stereocenters. The molecule has 0 radical (unpaired) electrons. The highest BCUT2D eigenvalue weighted by molar-refractivity contribution is 6.07. The Morgan fingerprint density at radius 3 is 2.09 bits per heavy atom. The molecule has 2 heteroatoms. The molecule has 2 nitrogen and oxygen atoms in total. The van der Waals surface area contributed by atoms with Gasteiger partial charge in [-0.25, -0.2) is 0 Å². The average Bonchev–Trinajstić information content (AvgIpc) is 2.74. The quantitative estimate of drug-likeness (QED) is 0.722. The maximum atomic E-state index is 12.6. The number of benzene rings is 1. The second kappa shape index (κ2) is 6.00. The van der Waals surface area contributed by atoms with Crippen molar-refractivity contribution in [1.29, 1.82) is 0 Å². The van der Waals surface area contributed by atoms with E-state index in [0.717, 1.165) is 24.0 Å². The highest BCUT2D eigenvalue weighted by Crippen LogP contribution is 2.65. The van der Waals surface area contributed by atoms with Crippen molar-refractivity contribution in [1.82, 2.24) is 4.90 Å². The molecular formula is C20H29NO. The van der Waals surface area contributed by atoms with Gasteiger partial charge < -0.3 is 4.90 Å². The second-order valence-corrected chi connectivity index (χ2v) is 7.83. The van der Waals surface area contributed by atoms with Crippen LogP contribution >= 0.6 is 0 Å². The van der Waals surface area contributed by atoms with Crippen molar-refractivity contribution >= 4 is 11.9 Å². The molecule has 22 heavy (non-hydrogen) atoms. The van der Waals surface area contributed by atoms with Crippen molar-refractivity contribution in [3.05, 3.63) is 41.5 Å². The summed E-state index contributed by atoms with van der Waals surface area (Å²) in [6.45, 7) is 6.67. The molecule has 3 rings (SSSR count). The van der Waals surface area contributed by atoms with Crippen molar-refractivity contribution in [3.8, 4) is 0 Å². The lowest BCUT2D eigenvalue weighted by Gasteiger charge is -2.31. The van der Waals surface area contributed by atoms with Crippen LogP contribution in [0, 0.1) is 16.7 Å². The van der Waals surface area contributed by atoms with E-state index in [0.29, 0.717) is 11.7 Å². The Labute approximate surface area is 135 Å². The molecule has 0 aliphatic heterocycles. The number of Topliss-reactive ketones (excluding diaryl/α,β-unsaturated/α-hetero) is 1. The number of carbonyl (C=O) groups excluding carboxylic acids is 1. The van der Waals surface area contributed by atoms with Crippen molar-refractivity contribution < 1.29 is 4.79 Å². The molecule has 0 saturated heterocycles. The zero-order chi connectivity index (χ0) is 16.5. The van der Waals surface area contributed by atoms with Gasteiger partial charge in [0.15, 0.2) is 5.78 Å². The molecule has 2 aliphatic carbocycles. The summed E-state index contributed by atoms with van der Waals surface area (Å²) in [4.78, 5) is 14.6. The molecule has 0 N–H and O–H groups in total. The van der Waals surface area contributed by atoms with E-state index in [1.165, 1.54) is 0 Å². The fourth-order valence-electron chi connectivity index (χ4n) is 3.82. The number of hydrogen-bond acceptors (Lipinski definition) is 2. The number of allylic oxidation sites excluding steroid dienone is 1. The predicted molar refractivity (Wildman–Crippen MR) is 93.6 cm³/mol. The van der Waals surface area contributed by atoms with E-state index < -0.39 is 0 Å². The summed E-state index contributed by atoms with van der Waals surface area (Å²) in [6, 6.07) is 10.2. The summed E-state index contributed by atoms with van der Waals surface area (Å²) in [5, 5.41) is 0. The summed E-state index contributed by atoms with van der Waals surface area (Å²) in [7, 11) is 6.00. The average molecular weight is 299 g/mol. The van der Waals surface area contributed by atoms with Crippen LogP contribution in [0.25, 0.3) is 6.08 Å². The third-order valence-corrected chi connectivity index (χ3v) is 5.49. The lowest BCUT2D eigenvalue weighted by Crippen LogP contribution is -2.32. The Balaban J connectivity index is 0.000000396. The Bertz CT molecular complexity index is 568. The molecule has 1 aromatic carbocycles. The molecule has 0 amide bonds. The Kier molecular flexibility index (Phi) is 4.62. The Hall–Kier alpha value is -1.41. The Morgan fingerprint density at radius 1 is 1.09 bits per heavy atom. The summed E-state index contributed by atoms with van der Waals surface area (Å²) in [5.74, 6) is 0.822. The van der Waals surface area contributed by atoms with E-state index in [1.807, 2.05) is 44.2 Å². The van der Waals surface area contributed by atoms with Gasteiger partial charge in [-0.3, -0.25) is 4.79 Å². The third-order valence-electron chi connectivity index (χ3n) is 5.49. The molecular weight excluding hydrogens is 270 g/mol. The van der Waals surface area contributed by atoms with Gasteiger partial charge in [0.25, 0.3) is 0 Å². The van der Waals surface area contributed by atoms with Gasteiger partial charge in [0.2, 0.25) is 0 Å². The van der Waals surface area contributed by atoms with Gasteiger partial charge in [-0.2, -0.15) is 0 Å². The normalized spacial score (nSPS) is 30.6. The molecule has 0 aromatic heterocycles. The molecule has 2 aliphatic rings. The number of hydrogen-bond donors (Lipinski definition) is 0. The highest BCUT2D eigenvalue weighted by atomic mass is 16.1. The fraction of sp³-hybridized carbons (Fsp3) is 0.550. The fourth-order valence-corrected chi connectivity index (χ4v) is 3.82. The minimum atomic E-state index is -0.141.